The zero-order chi connectivity index (χ0) is 58.6. The van der Waals surface area contributed by atoms with Crippen molar-refractivity contribution in [3.8, 4) is 0 Å². The Morgan fingerprint density at radius 2 is 0.974 bits per heavy atom. The van der Waals surface area contributed by atoms with Gasteiger partial charge in [0.05, 0.1) is 44.7 Å². The summed E-state index contributed by atoms with van der Waals surface area (Å²) in [7, 11) is -4.61. The van der Waals surface area contributed by atoms with Crippen LogP contribution in [0.4, 0.5) is 5.82 Å². The summed E-state index contributed by atoms with van der Waals surface area (Å²) in [6.45, 7) is 26.3. The van der Waals surface area contributed by atoms with Gasteiger partial charge in [-0.2, -0.15) is 4.98 Å². The van der Waals surface area contributed by atoms with Crippen LogP contribution in [0, 0.1) is 17.8 Å². The van der Waals surface area contributed by atoms with Crippen LogP contribution >= 0.6 is 0 Å². The second kappa shape index (κ2) is 25.6. The molecule has 0 amide bonds. The summed E-state index contributed by atoms with van der Waals surface area (Å²) in [4.78, 5) is 90.6. The van der Waals surface area contributed by atoms with E-state index in [1.807, 2.05) is 13.8 Å². The Labute approximate surface area is 455 Å². The van der Waals surface area contributed by atoms with Crippen LogP contribution in [0.5, 0.6) is 0 Å². The number of aromatic amines is 2. The molecule has 9 atom stereocenters. The number of anilines is 1. The number of ether oxygens (including phenoxy) is 5. The van der Waals surface area contributed by atoms with Gasteiger partial charge in [-0.15, -0.1) is 0 Å². The molecule has 3 aliphatic rings. The first-order valence-electron chi connectivity index (χ1n) is 25.2. The van der Waals surface area contributed by atoms with E-state index in [-0.39, 0.29) is 42.5 Å². The molecule has 78 heavy (non-hydrogen) atoms. The fraction of sp³-hybridized carbons (Fsp3) is 0.720. The van der Waals surface area contributed by atoms with E-state index in [4.69, 9.17) is 38.3 Å². The van der Waals surface area contributed by atoms with Crippen LogP contribution in [0.3, 0.4) is 0 Å². The molecular formula is C50H85N7O19Si2. The molecule has 0 spiro atoms. The van der Waals surface area contributed by atoms with Gasteiger partial charge in [0.25, 0.3) is 11.1 Å². The predicted molar refractivity (Wildman–Crippen MR) is 290 cm³/mol. The summed E-state index contributed by atoms with van der Waals surface area (Å²) in [6, 6.07) is 3.89. The van der Waals surface area contributed by atoms with E-state index in [2.05, 4.69) is 82.7 Å². The molecule has 9 N–H and O–H groups in total. The number of nitrogens with two attached hydrogens (primary N) is 1. The van der Waals surface area contributed by atoms with Gasteiger partial charge in [0.2, 0.25) is 0 Å². The van der Waals surface area contributed by atoms with Gasteiger partial charge >= 0.3 is 29.0 Å². The number of aromatic nitrogens is 6. The molecule has 3 aromatic rings. The van der Waals surface area contributed by atoms with E-state index in [1.165, 1.54) is 64.3 Å². The smallest absolute Gasteiger partial charge is 0.351 e. The van der Waals surface area contributed by atoms with E-state index < -0.39 is 149 Å². The number of H-pyrrole nitrogens is 2. The number of nitrogen functional groups attached to an aromatic ring is 1. The Morgan fingerprint density at radius 1 is 0.628 bits per heavy atom. The van der Waals surface area contributed by atoms with E-state index in [0.717, 1.165) is 0 Å². The van der Waals surface area contributed by atoms with Crippen LogP contribution in [-0.4, -0.2) is 158 Å². The van der Waals surface area contributed by atoms with Gasteiger partial charge < -0.3 is 63.8 Å². The van der Waals surface area contributed by atoms with Crippen LogP contribution < -0.4 is 33.9 Å². The van der Waals surface area contributed by atoms with Crippen molar-refractivity contribution in [2.24, 2.45) is 17.8 Å². The summed E-state index contributed by atoms with van der Waals surface area (Å²) in [5.74, 6) is -2.20. The zero-order valence-electron chi connectivity index (χ0n) is 46.7. The molecule has 26 nitrogen and oxygen atoms in total. The predicted octanol–water partition coefficient (Wildman–Crippen LogP) is 1.48. The minimum Gasteiger partial charge on any atom is -0.463 e. The van der Waals surface area contributed by atoms with Gasteiger partial charge in [-0.25, -0.2) is 14.4 Å². The maximum Gasteiger partial charge on any atom is 0.351 e. The molecule has 0 radical (unpaired) electrons. The molecule has 6 rings (SSSR count). The lowest BCUT2D eigenvalue weighted by Crippen LogP contribution is -2.56. The Kier molecular flexibility index (Phi) is 22.1. The second-order valence-electron chi connectivity index (χ2n) is 23.1. The van der Waals surface area contributed by atoms with Crippen LogP contribution in [-0.2, 0) is 42.1 Å². The quantitative estimate of drug-likeness (QED) is 0.0789. The molecule has 3 aliphatic heterocycles. The number of hydrogen-bond donors (Lipinski definition) is 8. The van der Waals surface area contributed by atoms with E-state index in [0.29, 0.717) is 0 Å². The normalized spacial score (nSPS) is 25.4. The fourth-order valence-electron chi connectivity index (χ4n) is 8.70. The maximum absolute atomic E-state index is 12.5. The minimum absolute atomic E-state index is 0. The van der Waals surface area contributed by atoms with E-state index in [9.17, 15) is 59.1 Å². The third-order valence-corrected chi connectivity index (χ3v) is 24.3. The lowest BCUT2D eigenvalue weighted by atomic mass is 9.91. The molecule has 3 saturated heterocycles. The third-order valence-electron chi connectivity index (χ3n) is 15.4. The van der Waals surface area contributed by atoms with E-state index in [1.54, 1.807) is 6.92 Å². The SMILES string of the molecule is C.CC(=O)OCC1(COC(C)=O)OC(n2ccc(=O)[nH]c2=O)C(C)C1O[Si](C)(C)C(C)(C)C.CC1C(n2ccc(=O)[nH]c2=O)OC(CO)(CO)C1O[Si](C)(C)C(C)(C)C.CC1C(n2ccc(N)nc2=O)OC(CO)(CO)C1O. The molecule has 442 valence electrons. The van der Waals surface area contributed by atoms with Gasteiger partial charge in [-0.05, 0) is 42.3 Å². The molecule has 0 aliphatic carbocycles. The molecule has 28 heteroatoms. The Balaban J connectivity index is 0.000000315. The largest absolute Gasteiger partial charge is 0.463 e. The lowest BCUT2D eigenvalue weighted by molar-refractivity contribution is -0.183. The van der Waals surface area contributed by atoms with Crippen molar-refractivity contribution in [1.29, 1.82) is 0 Å². The van der Waals surface area contributed by atoms with E-state index >= 15 is 0 Å². The molecule has 0 aromatic carbocycles. The standard InChI is InChI=1S/C21H34N2O8Si.C17H30N2O6Si.C11H17N3O5.CH4/c1-13-17(31-32(7,8)20(4,5)6)21(11-28-14(2)24,12-29-15(3)25)30-18(13)23-10-9-16(26)22-19(23)27;1-11-13(25-26(5,6)16(2,3)4)17(9-20,10-21)24-14(11)19-8-7-12(22)18-15(19)23;1-6-8(17)11(4-15,5-16)19-9(6)14-3-2-7(12)13-10(14)18;/h9-10,13,17-18H,11-12H2,1-8H3,(H,22,26,27);7-8,11,13-14,20-21H,9-10H2,1-6H3,(H,18,22,23);2-3,6,8-9,15-17H,4-5H2,1H3,(H2,12,13,18);1H4. The van der Waals surface area contributed by atoms with Gasteiger partial charge in [0, 0.05) is 62.3 Å². The number of hydrogen-bond acceptors (Lipinski definition) is 21. The first kappa shape index (κ1) is 67.3. The highest BCUT2D eigenvalue weighted by Crippen LogP contribution is 2.49. The molecular weight excluding hydrogens is 1060 g/mol. The summed E-state index contributed by atoms with van der Waals surface area (Å²) in [6.07, 6.45) is -0.687. The third kappa shape index (κ3) is 14.5. The monoisotopic (exact) mass is 1140 g/mol. The van der Waals surface area contributed by atoms with Crippen LogP contribution in [0.25, 0.3) is 0 Å². The average Bonchev–Trinajstić information content (AvgIpc) is 3.86. The number of nitrogens with zero attached hydrogens (tertiary/aromatic N) is 4. The van der Waals surface area contributed by atoms with Gasteiger partial charge in [-0.1, -0.05) is 69.7 Å². The summed E-state index contributed by atoms with van der Waals surface area (Å²) < 4.78 is 45.3. The molecule has 0 saturated carbocycles. The van der Waals surface area contributed by atoms with Gasteiger partial charge in [-0.3, -0.25) is 42.8 Å². The highest BCUT2D eigenvalue weighted by Gasteiger charge is 2.60. The van der Waals surface area contributed by atoms with Crippen molar-refractivity contribution < 1.29 is 67.7 Å². The highest BCUT2D eigenvalue weighted by atomic mass is 28.4. The summed E-state index contributed by atoms with van der Waals surface area (Å²) in [5.41, 5.74) is -1.64. The average molecular weight is 1140 g/mol. The molecule has 9 unspecified atom stereocenters. The Bertz CT molecular complexity index is 2790. The van der Waals surface area contributed by atoms with Crippen LogP contribution in [0.2, 0.25) is 36.3 Å². The number of esters is 2. The number of aliphatic hydroxyl groups is 5. The van der Waals surface area contributed by atoms with Crippen LogP contribution in [0.15, 0.2) is 60.8 Å². The molecule has 6 heterocycles. The fourth-order valence-corrected chi connectivity index (χ4v) is 11.5. The Morgan fingerprint density at radius 3 is 1.31 bits per heavy atom. The van der Waals surface area contributed by atoms with Crippen molar-refractivity contribution >= 4 is 34.4 Å². The number of aliphatic hydroxyl groups excluding tert-OH is 5. The number of nitrogens with one attached hydrogen (secondary N) is 2. The molecule has 3 aromatic heterocycles. The number of carbonyl (C=O) groups is 2. The van der Waals surface area contributed by atoms with Crippen molar-refractivity contribution in [3.05, 3.63) is 89.0 Å². The Hall–Kier alpha value is -4.99. The number of rotatable bonds is 15. The second-order valence-corrected chi connectivity index (χ2v) is 32.6. The van der Waals surface area contributed by atoms with Gasteiger partial charge in [0.15, 0.2) is 22.2 Å². The van der Waals surface area contributed by atoms with Gasteiger partial charge in [0.1, 0.15) is 48.9 Å². The zero-order valence-corrected chi connectivity index (χ0v) is 48.7. The first-order valence-corrected chi connectivity index (χ1v) is 31.0. The van der Waals surface area contributed by atoms with Crippen molar-refractivity contribution in [1.82, 2.24) is 28.7 Å². The first-order chi connectivity index (χ1) is 35.4. The number of carbonyl (C=O) groups excluding carboxylic acids is 2. The van der Waals surface area contributed by atoms with Crippen molar-refractivity contribution in [2.45, 2.75) is 174 Å². The van der Waals surface area contributed by atoms with Crippen molar-refractivity contribution in [3.63, 3.8) is 0 Å². The minimum atomic E-state index is -2.37. The topological polar surface area (TPSA) is 371 Å². The van der Waals surface area contributed by atoms with Crippen molar-refractivity contribution in [2.75, 3.05) is 45.4 Å². The summed E-state index contributed by atoms with van der Waals surface area (Å²) in [5, 5.41) is 48.5. The molecule has 0 bridgehead atoms. The maximum atomic E-state index is 12.5. The lowest BCUT2D eigenvalue weighted by Gasteiger charge is -2.43. The summed E-state index contributed by atoms with van der Waals surface area (Å²) >= 11 is 0. The molecule has 3 fully saturated rings. The highest BCUT2D eigenvalue weighted by molar-refractivity contribution is 6.74. The van der Waals surface area contributed by atoms with Crippen LogP contribution in [0.1, 0.15) is 102 Å².